The lowest BCUT2D eigenvalue weighted by Gasteiger charge is -2.37. The van der Waals surface area contributed by atoms with Crippen LogP contribution >= 0.6 is 0 Å². The van der Waals surface area contributed by atoms with E-state index in [9.17, 15) is 19.5 Å². The number of hydrogen-bond acceptors (Lipinski definition) is 5. The first-order valence-electron chi connectivity index (χ1n) is 12.0. The second kappa shape index (κ2) is 9.76. The molecule has 5 rings (SSSR count). The van der Waals surface area contributed by atoms with Crippen molar-refractivity contribution in [3.05, 3.63) is 71.3 Å². The lowest BCUT2D eigenvalue weighted by molar-refractivity contribution is 0.0985. The van der Waals surface area contributed by atoms with Crippen LogP contribution in [0.5, 0.6) is 0 Å². The van der Waals surface area contributed by atoms with Crippen molar-refractivity contribution in [2.45, 2.75) is 32.7 Å². The van der Waals surface area contributed by atoms with E-state index < -0.39 is 17.9 Å². The third kappa shape index (κ3) is 4.75. The second-order valence-electron chi connectivity index (χ2n) is 9.38. The van der Waals surface area contributed by atoms with Crippen molar-refractivity contribution in [1.82, 2.24) is 24.8 Å². The maximum Gasteiger partial charge on any atom is 0.407 e. The van der Waals surface area contributed by atoms with Gasteiger partial charge < -0.3 is 25.3 Å². The van der Waals surface area contributed by atoms with E-state index in [4.69, 9.17) is 0 Å². The number of para-hydroxylation sites is 2. The van der Waals surface area contributed by atoms with Gasteiger partial charge in [-0.25, -0.2) is 14.8 Å². The van der Waals surface area contributed by atoms with Crippen LogP contribution < -0.4 is 10.6 Å². The van der Waals surface area contributed by atoms with Crippen LogP contribution in [0.15, 0.2) is 48.8 Å². The molecule has 2 aromatic carbocycles. The van der Waals surface area contributed by atoms with E-state index in [0.717, 1.165) is 16.6 Å². The van der Waals surface area contributed by atoms with Gasteiger partial charge in [-0.3, -0.25) is 14.9 Å². The van der Waals surface area contributed by atoms with Gasteiger partial charge in [0, 0.05) is 12.2 Å². The van der Waals surface area contributed by atoms with Crippen LogP contribution in [0.4, 0.5) is 16.4 Å². The summed E-state index contributed by atoms with van der Waals surface area (Å²) in [4.78, 5) is 53.6. The molecule has 190 valence electrons. The number of imidazole rings is 2. The zero-order chi connectivity index (χ0) is 26.1. The number of hydrogen-bond donors (Lipinski definition) is 5. The van der Waals surface area contributed by atoms with Gasteiger partial charge in [0.15, 0.2) is 5.69 Å². The standard InChI is InChI=1S/C26H27N7O4/c1-14(2)12-20-16-6-5-9-17(15(16)10-11-33(20)26(36)37)29-23(34)21-22(28-13-27-21)24(35)32-25-30-18-7-3-4-8-19(18)31-25/h3-9,13-14,20H,10-12H2,1-2H3,(H,27,28)(H,29,34)(H,36,37)(H2,30,31,32,35). The summed E-state index contributed by atoms with van der Waals surface area (Å²) in [5, 5.41) is 15.3. The number of aromatic amines is 2. The zero-order valence-corrected chi connectivity index (χ0v) is 20.4. The second-order valence-corrected chi connectivity index (χ2v) is 9.38. The summed E-state index contributed by atoms with van der Waals surface area (Å²) in [7, 11) is 0. The molecule has 0 saturated heterocycles. The van der Waals surface area contributed by atoms with Crippen LogP contribution in [0.25, 0.3) is 11.0 Å². The molecule has 1 aliphatic heterocycles. The molecule has 3 heterocycles. The van der Waals surface area contributed by atoms with Crippen LogP contribution in [0, 0.1) is 5.92 Å². The highest BCUT2D eigenvalue weighted by Gasteiger charge is 2.33. The Bertz CT molecular complexity index is 1460. The topological polar surface area (TPSA) is 156 Å². The van der Waals surface area contributed by atoms with Gasteiger partial charge in [0.1, 0.15) is 5.69 Å². The van der Waals surface area contributed by atoms with E-state index >= 15 is 0 Å². The van der Waals surface area contributed by atoms with Gasteiger partial charge in [-0.1, -0.05) is 38.1 Å². The van der Waals surface area contributed by atoms with E-state index in [2.05, 4.69) is 44.4 Å². The van der Waals surface area contributed by atoms with Crippen LogP contribution in [0.3, 0.4) is 0 Å². The predicted octanol–water partition coefficient (Wildman–Crippen LogP) is 4.41. The molecular formula is C26H27N7O4. The molecule has 0 radical (unpaired) electrons. The molecule has 0 fully saturated rings. The first-order chi connectivity index (χ1) is 17.8. The molecule has 3 amide bonds. The average Bonchev–Trinajstić information content (AvgIpc) is 3.51. The van der Waals surface area contributed by atoms with E-state index in [0.29, 0.717) is 30.6 Å². The van der Waals surface area contributed by atoms with Gasteiger partial charge in [0.2, 0.25) is 5.95 Å². The zero-order valence-electron chi connectivity index (χ0n) is 20.4. The van der Waals surface area contributed by atoms with Crippen molar-refractivity contribution in [3.63, 3.8) is 0 Å². The number of carbonyl (C=O) groups excluding carboxylic acids is 2. The van der Waals surface area contributed by atoms with Crippen LogP contribution in [0.1, 0.15) is 58.4 Å². The highest BCUT2D eigenvalue weighted by atomic mass is 16.4. The van der Waals surface area contributed by atoms with Crippen LogP contribution in [-0.4, -0.2) is 54.4 Å². The summed E-state index contributed by atoms with van der Waals surface area (Å²) in [6.07, 6.45) is 1.47. The summed E-state index contributed by atoms with van der Waals surface area (Å²) in [6, 6.07) is 12.6. The number of H-pyrrole nitrogens is 2. The number of rotatable bonds is 6. The number of nitrogens with one attached hydrogen (secondary N) is 4. The minimum atomic E-state index is -0.955. The average molecular weight is 502 g/mol. The smallest absolute Gasteiger partial charge is 0.407 e. The summed E-state index contributed by atoms with van der Waals surface area (Å²) in [5.74, 6) is -0.581. The number of benzene rings is 2. The Hall–Kier alpha value is -4.67. The fraction of sp³-hybridized carbons (Fsp3) is 0.269. The molecule has 37 heavy (non-hydrogen) atoms. The number of fused-ring (bicyclic) bond motifs is 2. The summed E-state index contributed by atoms with van der Waals surface area (Å²) < 4.78 is 0. The molecule has 0 spiro atoms. The molecule has 0 saturated carbocycles. The molecule has 11 nitrogen and oxygen atoms in total. The number of amides is 3. The quantitative estimate of drug-likeness (QED) is 0.263. The van der Waals surface area contributed by atoms with Crippen molar-refractivity contribution < 1.29 is 19.5 Å². The Morgan fingerprint density at radius 3 is 2.68 bits per heavy atom. The molecule has 0 bridgehead atoms. The Labute approximate surface area is 212 Å². The van der Waals surface area contributed by atoms with Crippen molar-refractivity contribution in [1.29, 1.82) is 0 Å². The minimum absolute atomic E-state index is 0.00733. The normalized spacial score (nSPS) is 15.0. The molecule has 1 atom stereocenters. The van der Waals surface area contributed by atoms with E-state index in [1.807, 2.05) is 30.3 Å². The van der Waals surface area contributed by atoms with Crippen molar-refractivity contribution in [2.24, 2.45) is 5.92 Å². The van der Waals surface area contributed by atoms with Gasteiger partial charge in [-0.05, 0) is 48.1 Å². The first kappa shape index (κ1) is 24.0. The first-order valence-corrected chi connectivity index (χ1v) is 12.0. The highest BCUT2D eigenvalue weighted by molar-refractivity contribution is 6.13. The Morgan fingerprint density at radius 1 is 1.11 bits per heavy atom. The lowest BCUT2D eigenvalue weighted by Crippen LogP contribution is -2.40. The maximum atomic E-state index is 13.2. The van der Waals surface area contributed by atoms with Gasteiger partial charge in [0.05, 0.1) is 23.4 Å². The Balaban J connectivity index is 1.37. The summed E-state index contributed by atoms with van der Waals surface area (Å²) >= 11 is 0. The minimum Gasteiger partial charge on any atom is -0.465 e. The summed E-state index contributed by atoms with van der Waals surface area (Å²) in [6.45, 7) is 4.44. The fourth-order valence-electron chi connectivity index (χ4n) is 4.80. The van der Waals surface area contributed by atoms with Gasteiger partial charge in [0.25, 0.3) is 11.8 Å². The maximum absolute atomic E-state index is 13.2. The van der Waals surface area contributed by atoms with Crippen molar-refractivity contribution in [2.75, 3.05) is 17.2 Å². The number of carbonyl (C=O) groups is 3. The number of nitrogens with zero attached hydrogens (tertiary/aromatic N) is 3. The van der Waals surface area contributed by atoms with E-state index in [-0.39, 0.29) is 29.3 Å². The Kier molecular flexibility index (Phi) is 6.34. The van der Waals surface area contributed by atoms with Crippen LogP contribution in [-0.2, 0) is 6.42 Å². The number of aromatic nitrogens is 4. The third-order valence-corrected chi connectivity index (χ3v) is 6.44. The van der Waals surface area contributed by atoms with Gasteiger partial charge in [-0.15, -0.1) is 0 Å². The molecule has 11 heteroatoms. The molecule has 0 aliphatic carbocycles. The molecule has 1 unspecified atom stereocenters. The largest absolute Gasteiger partial charge is 0.465 e. The fourth-order valence-corrected chi connectivity index (χ4v) is 4.80. The SMILES string of the molecule is CC(C)CC1c2cccc(NC(=O)c3[nH]cnc3C(=O)Nc3nc4ccccc4[nH]3)c2CCN1C(=O)O. The molecular weight excluding hydrogens is 474 g/mol. The lowest BCUT2D eigenvalue weighted by atomic mass is 9.87. The van der Waals surface area contributed by atoms with E-state index in [1.54, 1.807) is 12.1 Å². The predicted molar refractivity (Wildman–Crippen MR) is 138 cm³/mol. The van der Waals surface area contributed by atoms with E-state index in [1.165, 1.54) is 11.2 Å². The highest BCUT2D eigenvalue weighted by Crippen LogP contribution is 2.37. The molecule has 5 N–H and O–H groups in total. The van der Waals surface area contributed by atoms with Crippen molar-refractivity contribution >= 4 is 40.6 Å². The third-order valence-electron chi connectivity index (χ3n) is 6.44. The molecule has 4 aromatic rings. The van der Waals surface area contributed by atoms with Gasteiger partial charge >= 0.3 is 6.09 Å². The van der Waals surface area contributed by atoms with Gasteiger partial charge in [-0.2, -0.15) is 0 Å². The molecule has 1 aliphatic rings. The van der Waals surface area contributed by atoms with Crippen molar-refractivity contribution in [3.8, 4) is 0 Å². The Morgan fingerprint density at radius 2 is 1.92 bits per heavy atom. The number of anilines is 2. The van der Waals surface area contributed by atoms with Crippen LogP contribution in [0.2, 0.25) is 0 Å². The monoisotopic (exact) mass is 501 g/mol. The summed E-state index contributed by atoms with van der Waals surface area (Å²) in [5.41, 5.74) is 3.76. The number of carboxylic acid groups (broad SMARTS) is 1. The molecule has 2 aromatic heterocycles.